The Kier molecular flexibility index (Phi) is 4.31. The maximum absolute atomic E-state index is 13.1. The first-order valence-corrected chi connectivity index (χ1v) is 8.07. The number of benzene rings is 1. The van der Waals surface area contributed by atoms with E-state index in [9.17, 15) is 13.9 Å². The van der Waals surface area contributed by atoms with Gasteiger partial charge in [0.2, 0.25) is 0 Å². The summed E-state index contributed by atoms with van der Waals surface area (Å²) in [5.74, 6) is -0.0872. The van der Waals surface area contributed by atoms with E-state index < -0.39 is 11.7 Å². The Balaban J connectivity index is 2.15. The third-order valence-corrected chi connectivity index (χ3v) is 4.26. The Morgan fingerprint density at radius 1 is 1.48 bits per heavy atom. The van der Waals surface area contributed by atoms with Crippen molar-refractivity contribution in [2.45, 2.75) is 18.1 Å². The molecule has 0 aliphatic carbocycles. The number of hydrogen-bond acceptors (Lipinski definition) is 6. The van der Waals surface area contributed by atoms with Crippen LogP contribution in [0.25, 0.3) is 11.1 Å². The number of aromatic nitrogens is 1. The van der Waals surface area contributed by atoms with Gasteiger partial charge in [0.05, 0.1) is 23.0 Å². The van der Waals surface area contributed by atoms with E-state index in [2.05, 4.69) is 9.11 Å². The molecule has 1 aromatic carbocycles. The number of nitrogen functional groups attached to an aromatic ring is 1. The van der Waals surface area contributed by atoms with E-state index in [4.69, 9.17) is 17.3 Å². The highest BCUT2D eigenvalue weighted by molar-refractivity contribution is 7.03. The summed E-state index contributed by atoms with van der Waals surface area (Å²) in [5, 5.41) is 11.5. The van der Waals surface area contributed by atoms with Crippen LogP contribution >= 0.6 is 23.1 Å². The Morgan fingerprint density at radius 3 is 2.83 bits per heavy atom. The fourth-order valence-corrected chi connectivity index (χ4v) is 3.30. The van der Waals surface area contributed by atoms with E-state index in [0.29, 0.717) is 42.0 Å². The van der Waals surface area contributed by atoms with Crippen molar-refractivity contribution < 1.29 is 18.6 Å². The number of hydrogen-bond donors (Lipinski definition) is 2. The van der Waals surface area contributed by atoms with Crippen LogP contribution in [0.5, 0.6) is 5.75 Å². The van der Waals surface area contributed by atoms with Gasteiger partial charge in [-0.05, 0) is 30.1 Å². The molecule has 1 aliphatic heterocycles. The molecule has 9 heteroatoms. The Hall–Kier alpha value is -1.64. The molecule has 1 atom stereocenters. The zero-order chi connectivity index (χ0) is 16.6. The maximum Gasteiger partial charge on any atom is 0.487 e. The topological polar surface area (TPSA) is 71.6 Å². The van der Waals surface area contributed by atoms with Gasteiger partial charge in [-0.2, -0.15) is 0 Å². The average molecular weight is 362 g/mol. The summed E-state index contributed by atoms with van der Waals surface area (Å²) in [6.45, 7) is 0.937. The molecule has 3 rings (SSSR count). The molecule has 5 nitrogen and oxygen atoms in total. The Labute approximate surface area is 140 Å². The molecule has 2 aromatic rings. The van der Waals surface area contributed by atoms with Crippen molar-refractivity contribution in [3.63, 3.8) is 0 Å². The van der Waals surface area contributed by atoms with Crippen LogP contribution in [-0.4, -0.2) is 34.2 Å². The first kappa shape index (κ1) is 16.2. The lowest BCUT2D eigenvalue weighted by Gasteiger charge is -2.25. The molecular formula is C14H14ClF2N3O2S. The van der Waals surface area contributed by atoms with Crippen LogP contribution in [0.2, 0.25) is 0 Å². The third-order valence-electron chi connectivity index (χ3n) is 3.60. The van der Waals surface area contributed by atoms with Gasteiger partial charge in [-0.1, -0.05) is 0 Å². The summed E-state index contributed by atoms with van der Waals surface area (Å²) >= 11 is 6.11. The molecule has 0 unspecified atom stereocenters. The summed E-state index contributed by atoms with van der Waals surface area (Å²) in [4.78, 5) is 1.85. The zero-order valence-electron chi connectivity index (χ0n) is 11.9. The molecule has 0 bridgehead atoms. The molecule has 124 valence electrons. The van der Waals surface area contributed by atoms with Gasteiger partial charge in [-0.15, -0.1) is 8.78 Å². The average Bonchev–Trinajstić information content (AvgIpc) is 3.10. The fraction of sp³-hybridized carbons (Fsp3) is 0.357. The van der Waals surface area contributed by atoms with Crippen LogP contribution in [-0.2, 0) is 0 Å². The molecule has 23 heavy (non-hydrogen) atoms. The van der Waals surface area contributed by atoms with Gasteiger partial charge in [0, 0.05) is 41.8 Å². The van der Waals surface area contributed by atoms with E-state index in [1.165, 1.54) is 23.7 Å². The highest BCUT2D eigenvalue weighted by atomic mass is 35.5. The van der Waals surface area contributed by atoms with Gasteiger partial charge >= 0.3 is 5.57 Å². The van der Waals surface area contributed by atoms with Crippen LogP contribution in [0.15, 0.2) is 23.7 Å². The number of aliphatic hydroxyl groups excluding tert-OH is 1. The van der Waals surface area contributed by atoms with E-state index in [0.717, 1.165) is 0 Å². The number of nitrogens with zero attached hydrogens (tertiary/aromatic N) is 2. The smallest absolute Gasteiger partial charge is 0.419 e. The molecule has 1 saturated heterocycles. The van der Waals surface area contributed by atoms with Gasteiger partial charge in [-0.3, -0.25) is 0 Å². The number of alkyl halides is 3. The van der Waals surface area contributed by atoms with E-state index in [-0.39, 0.29) is 5.75 Å². The molecule has 1 aromatic heterocycles. The number of anilines is 2. The molecule has 0 amide bonds. The summed E-state index contributed by atoms with van der Waals surface area (Å²) < 4.78 is 34.9. The Bertz CT molecular complexity index is 694. The second kappa shape index (κ2) is 6.10. The van der Waals surface area contributed by atoms with Crippen LogP contribution in [0.1, 0.15) is 6.42 Å². The summed E-state index contributed by atoms with van der Waals surface area (Å²) in [5.41, 5.74) is 4.18. The van der Waals surface area contributed by atoms with Crippen molar-refractivity contribution in [1.82, 2.24) is 4.37 Å². The third kappa shape index (κ3) is 3.49. The standard InChI is InChI=1S/C14H14ClF2N3O2S/c15-14(16,17)22-11-2-1-10(18)13(20-4-3-9(21)6-20)12(11)8-5-19-23-7-8/h1-2,5,7,9,21H,3-4,6,18H2/t9-/m1/s1. The van der Waals surface area contributed by atoms with Crippen molar-refractivity contribution >= 4 is 34.5 Å². The lowest BCUT2D eigenvalue weighted by Crippen LogP contribution is -2.24. The Morgan fingerprint density at radius 2 is 2.26 bits per heavy atom. The van der Waals surface area contributed by atoms with Crippen molar-refractivity contribution in [1.29, 1.82) is 0 Å². The lowest BCUT2D eigenvalue weighted by molar-refractivity contribution is -0.0960. The molecule has 0 saturated carbocycles. The van der Waals surface area contributed by atoms with E-state index in [1.54, 1.807) is 11.6 Å². The molecule has 0 radical (unpaired) electrons. The number of halogens is 3. The second-order valence-corrected chi connectivity index (χ2v) is 6.32. The molecule has 2 heterocycles. The number of rotatable bonds is 4. The number of ether oxygens (including phenoxy) is 1. The molecular weight excluding hydrogens is 348 g/mol. The predicted octanol–water partition coefficient (Wildman–Crippen LogP) is 3.13. The van der Waals surface area contributed by atoms with Crippen molar-refractivity contribution in [2.24, 2.45) is 0 Å². The maximum atomic E-state index is 13.1. The van der Waals surface area contributed by atoms with Crippen molar-refractivity contribution in [3.8, 4) is 16.9 Å². The van der Waals surface area contributed by atoms with Crippen molar-refractivity contribution in [3.05, 3.63) is 23.7 Å². The van der Waals surface area contributed by atoms with Crippen LogP contribution in [0, 0.1) is 0 Å². The quantitative estimate of drug-likeness (QED) is 0.646. The van der Waals surface area contributed by atoms with Gasteiger partial charge < -0.3 is 20.5 Å². The normalized spacial score (nSPS) is 18.4. The highest BCUT2D eigenvalue weighted by Crippen LogP contribution is 2.45. The minimum atomic E-state index is -3.84. The van der Waals surface area contributed by atoms with Crippen molar-refractivity contribution in [2.75, 3.05) is 23.7 Å². The number of β-amino-alcohol motifs (C(OH)–C–C–N with tert-alkyl or cyclic N) is 1. The minimum absolute atomic E-state index is 0.0872. The van der Waals surface area contributed by atoms with Crippen LogP contribution < -0.4 is 15.4 Å². The highest BCUT2D eigenvalue weighted by Gasteiger charge is 2.32. The van der Waals surface area contributed by atoms with Gasteiger partial charge in [0.25, 0.3) is 0 Å². The first-order valence-electron chi connectivity index (χ1n) is 6.86. The van der Waals surface area contributed by atoms with Gasteiger partial charge in [-0.25, -0.2) is 4.37 Å². The number of nitrogens with two attached hydrogens (primary N) is 1. The fourth-order valence-electron chi connectivity index (χ4n) is 2.69. The first-order chi connectivity index (χ1) is 10.8. The summed E-state index contributed by atoms with van der Waals surface area (Å²) in [6.07, 6.45) is 1.65. The largest absolute Gasteiger partial charge is 0.487 e. The predicted molar refractivity (Wildman–Crippen MR) is 86.2 cm³/mol. The molecule has 0 spiro atoms. The lowest BCUT2D eigenvalue weighted by atomic mass is 10.0. The monoisotopic (exact) mass is 361 g/mol. The summed E-state index contributed by atoms with van der Waals surface area (Å²) in [7, 11) is 0. The van der Waals surface area contributed by atoms with E-state index >= 15 is 0 Å². The van der Waals surface area contributed by atoms with Gasteiger partial charge in [0.15, 0.2) is 0 Å². The number of aliphatic hydroxyl groups is 1. The van der Waals surface area contributed by atoms with Crippen LogP contribution in [0.3, 0.4) is 0 Å². The SMILES string of the molecule is Nc1ccc(OC(F)(F)Cl)c(-c2cnsc2)c1N1CC[C@@H](O)C1. The minimum Gasteiger partial charge on any atom is -0.419 e. The second-order valence-electron chi connectivity index (χ2n) is 5.23. The summed E-state index contributed by atoms with van der Waals surface area (Å²) in [6, 6.07) is 2.84. The molecule has 3 N–H and O–H groups in total. The zero-order valence-corrected chi connectivity index (χ0v) is 13.4. The van der Waals surface area contributed by atoms with Gasteiger partial charge in [0.1, 0.15) is 5.75 Å². The molecule has 1 fully saturated rings. The van der Waals surface area contributed by atoms with E-state index in [1.807, 2.05) is 4.90 Å². The van der Waals surface area contributed by atoms with Crippen LogP contribution in [0.4, 0.5) is 20.2 Å². The molecule has 1 aliphatic rings.